The van der Waals surface area contributed by atoms with E-state index < -0.39 is 23.1 Å². The van der Waals surface area contributed by atoms with Gasteiger partial charge in [0.05, 0.1) is 11.4 Å². The topological polar surface area (TPSA) is 116 Å². The molecule has 2 aliphatic rings. The van der Waals surface area contributed by atoms with Gasteiger partial charge >= 0.3 is 11.9 Å². The largest absolute Gasteiger partial charge is 0.385 e. The van der Waals surface area contributed by atoms with Crippen LogP contribution in [0.5, 0.6) is 0 Å². The number of anilines is 2. The molecule has 0 saturated heterocycles. The highest BCUT2D eigenvalue weighted by Gasteiger charge is 2.26. The lowest BCUT2D eigenvalue weighted by Crippen LogP contribution is -2.27. The SMILES string of the molecule is CN(C)c1ccc2c(c1)CCCCc1cc(C(=O)OC(=O)c3cc4c([nH]c3=O)-c3ccc(N(C)C)cc3CC4)c(=O)[nH]c1-2. The number of rotatable bonds is 4. The Morgan fingerprint density at radius 2 is 1.02 bits per heavy atom. The van der Waals surface area contributed by atoms with Crippen molar-refractivity contribution in [3.05, 3.63) is 103 Å². The highest BCUT2D eigenvalue weighted by molar-refractivity contribution is 6.02. The van der Waals surface area contributed by atoms with Gasteiger partial charge in [-0.25, -0.2) is 9.59 Å². The molecule has 9 heteroatoms. The van der Waals surface area contributed by atoms with Crippen LogP contribution in [0.4, 0.5) is 11.4 Å². The van der Waals surface area contributed by atoms with Gasteiger partial charge in [-0.3, -0.25) is 9.59 Å². The average molecular weight is 579 g/mol. The molecule has 43 heavy (non-hydrogen) atoms. The van der Waals surface area contributed by atoms with E-state index in [9.17, 15) is 19.2 Å². The summed E-state index contributed by atoms with van der Waals surface area (Å²) in [6.07, 6.45) is 4.75. The summed E-state index contributed by atoms with van der Waals surface area (Å²) in [5.41, 5.74) is 7.31. The molecule has 6 rings (SSSR count). The van der Waals surface area contributed by atoms with Crippen molar-refractivity contribution in [3.63, 3.8) is 0 Å². The van der Waals surface area contributed by atoms with E-state index in [2.05, 4.69) is 22.1 Å². The van der Waals surface area contributed by atoms with Crippen molar-refractivity contribution in [2.45, 2.75) is 38.5 Å². The lowest BCUT2D eigenvalue weighted by atomic mass is 9.88. The fraction of sp³-hybridized carbons (Fsp3) is 0.294. The highest BCUT2D eigenvalue weighted by atomic mass is 16.6. The Bertz CT molecular complexity index is 1900. The highest BCUT2D eigenvalue weighted by Crippen LogP contribution is 2.34. The van der Waals surface area contributed by atoms with Crippen LogP contribution in [0, 0.1) is 0 Å². The summed E-state index contributed by atoms with van der Waals surface area (Å²) in [5.74, 6) is -2.17. The summed E-state index contributed by atoms with van der Waals surface area (Å²) in [6, 6.07) is 15.2. The molecule has 0 atom stereocenters. The first kappa shape index (κ1) is 28.2. The number of aromatic nitrogens is 2. The molecule has 2 aromatic carbocycles. The van der Waals surface area contributed by atoms with E-state index in [1.807, 2.05) is 62.3 Å². The number of benzene rings is 2. The molecule has 0 amide bonds. The zero-order valence-corrected chi connectivity index (χ0v) is 24.8. The first-order valence-electron chi connectivity index (χ1n) is 14.5. The van der Waals surface area contributed by atoms with Crippen LogP contribution in [0.1, 0.15) is 55.8 Å². The fourth-order valence-corrected chi connectivity index (χ4v) is 6.04. The van der Waals surface area contributed by atoms with E-state index in [4.69, 9.17) is 4.74 Å². The average Bonchev–Trinajstić information content (AvgIpc) is 2.97. The Morgan fingerprint density at radius 1 is 0.605 bits per heavy atom. The van der Waals surface area contributed by atoms with Crippen LogP contribution < -0.4 is 20.9 Å². The van der Waals surface area contributed by atoms with Crippen molar-refractivity contribution >= 4 is 23.3 Å². The third-order valence-electron chi connectivity index (χ3n) is 8.43. The molecule has 0 unspecified atom stereocenters. The lowest BCUT2D eigenvalue weighted by Gasteiger charge is -2.22. The van der Waals surface area contributed by atoms with Gasteiger partial charge in [-0.1, -0.05) is 12.1 Å². The molecule has 9 nitrogen and oxygen atoms in total. The summed E-state index contributed by atoms with van der Waals surface area (Å²) in [6.45, 7) is 0. The second kappa shape index (κ2) is 11.1. The third kappa shape index (κ3) is 5.27. The number of fused-ring (bicyclic) bond motifs is 6. The zero-order valence-electron chi connectivity index (χ0n) is 24.8. The normalized spacial score (nSPS) is 13.4. The molecule has 2 heterocycles. The second-order valence-corrected chi connectivity index (χ2v) is 11.7. The first-order chi connectivity index (χ1) is 20.6. The molecule has 0 radical (unpaired) electrons. The minimum absolute atomic E-state index is 0.265. The molecule has 0 saturated carbocycles. The molecule has 4 aromatic rings. The maximum Gasteiger partial charge on any atom is 0.351 e. The van der Waals surface area contributed by atoms with E-state index >= 15 is 0 Å². The summed E-state index contributed by atoms with van der Waals surface area (Å²) in [5, 5.41) is 0. The van der Waals surface area contributed by atoms with E-state index in [0.29, 0.717) is 24.2 Å². The van der Waals surface area contributed by atoms with E-state index in [-0.39, 0.29) is 11.1 Å². The molecular formula is C34H34N4O5. The van der Waals surface area contributed by atoms with Gasteiger partial charge in [0.1, 0.15) is 11.1 Å². The van der Waals surface area contributed by atoms with Gasteiger partial charge in [0, 0.05) is 50.7 Å². The second-order valence-electron chi connectivity index (χ2n) is 11.7. The number of hydrogen-bond acceptors (Lipinski definition) is 7. The smallest absolute Gasteiger partial charge is 0.351 e. The number of hydrogen-bond donors (Lipinski definition) is 2. The number of aryl methyl sites for hydroxylation is 4. The number of carbonyl (C=O) groups excluding carboxylic acids is 2. The van der Waals surface area contributed by atoms with Crippen LogP contribution >= 0.6 is 0 Å². The number of ether oxygens (including phenoxy) is 1. The molecule has 2 aromatic heterocycles. The van der Waals surface area contributed by atoms with Crippen molar-refractivity contribution in [2.24, 2.45) is 0 Å². The molecule has 0 bridgehead atoms. The van der Waals surface area contributed by atoms with Crippen molar-refractivity contribution in [1.29, 1.82) is 0 Å². The first-order valence-corrected chi connectivity index (χ1v) is 14.5. The predicted molar refractivity (Wildman–Crippen MR) is 167 cm³/mol. The third-order valence-corrected chi connectivity index (χ3v) is 8.43. The summed E-state index contributed by atoms with van der Waals surface area (Å²) in [4.78, 5) is 62.1. The maximum atomic E-state index is 13.1. The Morgan fingerprint density at radius 3 is 1.51 bits per heavy atom. The van der Waals surface area contributed by atoms with Gasteiger partial charge in [0.25, 0.3) is 11.1 Å². The Balaban J connectivity index is 1.28. The fourth-order valence-electron chi connectivity index (χ4n) is 6.04. The Hall–Kier alpha value is -4.92. The minimum atomic E-state index is -1.09. The molecular weight excluding hydrogens is 544 g/mol. The van der Waals surface area contributed by atoms with Gasteiger partial charge in [-0.15, -0.1) is 0 Å². The molecule has 0 fully saturated rings. The number of esters is 2. The van der Waals surface area contributed by atoms with Gasteiger partial charge in [-0.2, -0.15) is 0 Å². The van der Waals surface area contributed by atoms with E-state index in [0.717, 1.165) is 70.4 Å². The van der Waals surface area contributed by atoms with Crippen molar-refractivity contribution in [3.8, 4) is 22.5 Å². The van der Waals surface area contributed by atoms with Gasteiger partial charge < -0.3 is 24.5 Å². The summed E-state index contributed by atoms with van der Waals surface area (Å²) >= 11 is 0. The van der Waals surface area contributed by atoms with Gasteiger partial charge in [0.15, 0.2) is 0 Å². The number of nitrogens with one attached hydrogen (secondary N) is 2. The summed E-state index contributed by atoms with van der Waals surface area (Å²) in [7, 11) is 7.91. The van der Waals surface area contributed by atoms with Crippen molar-refractivity contribution in [1.82, 2.24) is 9.97 Å². The van der Waals surface area contributed by atoms with Crippen LogP contribution in [-0.4, -0.2) is 50.1 Å². The van der Waals surface area contributed by atoms with Crippen LogP contribution in [0.2, 0.25) is 0 Å². The zero-order chi connectivity index (χ0) is 30.4. The molecule has 2 N–H and O–H groups in total. The number of carbonyl (C=O) groups is 2. The van der Waals surface area contributed by atoms with Crippen LogP contribution in [0.25, 0.3) is 22.5 Å². The van der Waals surface area contributed by atoms with E-state index in [1.165, 1.54) is 12.1 Å². The predicted octanol–water partition coefficient (Wildman–Crippen LogP) is 4.50. The number of nitrogens with zero attached hydrogens (tertiary/aromatic N) is 2. The van der Waals surface area contributed by atoms with Gasteiger partial charge in [0.2, 0.25) is 0 Å². The number of H-pyrrole nitrogens is 2. The maximum absolute atomic E-state index is 13.1. The van der Waals surface area contributed by atoms with Crippen LogP contribution in [0.15, 0.2) is 58.1 Å². The molecule has 220 valence electrons. The van der Waals surface area contributed by atoms with E-state index in [1.54, 1.807) is 0 Å². The standard InChI is InChI=1S/C34H34N4O5/c1-37(2)23-11-13-25-19(15-23)7-5-6-8-21-17-27(31(39)35-29(21)25)33(41)43-34(42)28-18-22-10-9-20-16-24(38(3)4)12-14-26(20)30(22)36-32(28)40/h11-18H,5-10H2,1-4H3,(H,35,39)(H,36,40). The Labute approximate surface area is 249 Å². The van der Waals surface area contributed by atoms with Gasteiger partial charge in [-0.05, 0) is 97.2 Å². The molecule has 0 aliphatic heterocycles. The Kier molecular flexibility index (Phi) is 7.25. The molecule has 2 aliphatic carbocycles. The molecule has 0 spiro atoms. The van der Waals surface area contributed by atoms with Crippen LogP contribution in [0.3, 0.4) is 0 Å². The minimum Gasteiger partial charge on any atom is -0.385 e. The quantitative estimate of drug-likeness (QED) is 0.271. The van der Waals surface area contributed by atoms with Crippen molar-refractivity contribution < 1.29 is 14.3 Å². The van der Waals surface area contributed by atoms with Crippen molar-refractivity contribution in [2.75, 3.05) is 38.0 Å². The summed E-state index contributed by atoms with van der Waals surface area (Å²) < 4.78 is 5.12. The lowest BCUT2D eigenvalue weighted by molar-refractivity contribution is 0.0395. The monoisotopic (exact) mass is 578 g/mol. The number of aromatic amines is 2. The van der Waals surface area contributed by atoms with Crippen LogP contribution in [-0.2, 0) is 30.4 Å². The number of pyridine rings is 2.